The molecule has 112 valence electrons. The molecule has 0 bridgehead atoms. The number of nitrogens with zero attached hydrogens (tertiary/aromatic N) is 2. The Balaban J connectivity index is 1.73. The van der Waals surface area contributed by atoms with Crippen molar-refractivity contribution in [2.24, 2.45) is 0 Å². The largest absolute Gasteiger partial charge is 0.391 e. The van der Waals surface area contributed by atoms with Crippen LogP contribution in [0.1, 0.15) is 24.1 Å². The molecule has 0 aliphatic carbocycles. The third kappa shape index (κ3) is 3.49. The van der Waals surface area contributed by atoms with E-state index in [0.717, 1.165) is 43.6 Å². The van der Waals surface area contributed by atoms with E-state index in [1.807, 2.05) is 6.07 Å². The van der Waals surface area contributed by atoms with Crippen LogP contribution >= 0.6 is 0 Å². The van der Waals surface area contributed by atoms with Crippen molar-refractivity contribution in [1.29, 1.82) is 0 Å². The molecule has 0 spiro atoms. The predicted molar refractivity (Wildman–Crippen MR) is 78.1 cm³/mol. The van der Waals surface area contributed by atoms with Gasteiger partial charge in [-0.15, -0.1) is 0 Å². The maximum Gasteiger partial charge on any atom is 0.123 e. The highest BCUT2D eigenvalue weighted by molar-refractivity contribution is 5.18. The summed E-state index contributed by atoms with van der Waals surface area (Å²) in [4.78, 5) is 2.28. The zero-order valence-electron chi connectivity index (χ0n) is 11.9. The Morgan fingerprint density at radius 1 is 1.29 bits per heavy atom. The normalized spacial score (nSPS) is 23.3. The van der Waals surface area contributed by atoms with Crippen molar-refractivity contribution in [2.45, 2.75) is 38.0 Å². The van der Waals surface area contributed by atoms with Crippen molar-refractivity contribution in [1.82, 2.24) is 15.1 Å². The van der Waals surface area contributed by atoms with Gasteiger partial charge in [0.25, 0.3) is 0 Å². The number of hydrogen-bond acceptors (Lipinski definition) is 3. The molecule has 1 aromatic heterocycles. The van der Waals surface area contributed by atoms with Gasteiger partial charge >= 0.3 is 0 Å². The molecule has 0 radical (unpaired) electrons. The smallest absolute Gasteiger partial charge is 0.123 e. The van der Waals surface area contributed by atoms with Crippen LogP contribution in [0.15, 0.2) is 36.5 Å². The van der Waals surface area contributed by atoms with Crippen molar-refractivity contribution in [2.75, 3.05) is 6.54 Å². The Hall–Kier alpha value is -1.72. The van der Waals surface area contributed by atoms with E-state index >= 15 is 0 Å². The van der Waals surface area contributed by atoms with Crippen molar-refractivity contribution in [3.05, 3.63) is 53.6 Å². The number of benzene rings is 1. The SMILES string of the molecule is O[C@H]1CCCN(Cc2ccn[nH]2)[C@H]1Cc1ccc(F)cc1. The Bertz CT molecular complexity index is 555. The molecule has 0 amide bonds. The molecular weight excluding hydrogens is 269 g/mol. The van der Waals surface area contributed by atoms with Gasteiger partial charge in [-0.2, -0.15) is 5.10 Å². The van der Waals surface area contributed by atoms with Crippen LogP contribution in [-0.2, 0) is 13.0 Å². The van der Waals surface area contributed by atoms with Gasteiger partial charge in [-0.1, -0.05) is 12.1 Å². The number of aromatic amines is 1. The Morgan fingerprint density at radius 2 is 2.10 bits per heavy atom. The second-order valence-electron chi connectivity index (χ2n) is 5.66. The van der Waals surface area contributed by atoms with Gasteiger partial charge in [0.15, 0.2) is 0 Å². The minimum atomic E-state index is -0.341. The monoisotopic (exact) mass is 289 g/mol. The van der Waals surface area contributed by atoms with Crippen LogP contribution in [0.3, 0.4) is 0 Å². The molecule has 1 aliphatic heterocycles. The van der Waals surface area contributed by atoms with Gasteiger partial charge in [0.1, 0.15) is 5.82 Å². The minimum absolute atomic E-state index is 0.0625. The summed E-state index contributed by atoms with van der Waals surface area (Å²) in [6.07, 6.45) is 3.95. The van der Waals surface area contributed by atoms with Crippen LogP contribution in [0.25, 0.3) is 0 Å². The van der Waals surface area contributed by atoms with E-state index in [9.17, 15) is 9.50 Å². The summed E-state index contributed by atoms with van der Waals surface area (Å²) in [5.74, 6) is -0.225. The molecule has 1 aromatic carbocycles. The third-order valence-electron chi connectivity index (χ3n) is 4.15. The molecular formula is C16H20FN3O. The standard InChI is InChI=1S/C16H20FN3O/c17-13-5-3-12(4-6-13)10-15-16(21)2-1-9-20(15)11-14-7-8-18-19-14/h3-8,15-16,21H,1-2,9-11H2,(H,18,19)/t15-,16-/m0/s1. The number of nitrogens with one attached hydrogen (secondary N) is 1. The quantitative estimate of drug-likeness (QED) is 0.906. The minimum Gasteiger partial charge on any atom is -0.391 e. The first-order valence-corrected chi connectivity index (χ1v) is 7.37. The Morgan fingerprint density at radius 3 is 2.81 bits per heavy atom. The zero-order chi connectivity index (χ0) is 14.7. The summed E-state index contributed by atoms with van der Waals surface area (Å²) in [6.45, 7) is 1.71. The highest BCUT2D eigenvalue weighted by atomic mass is 19.1. The number of hydrogen-bond donors (Lipinski definition) is 2. The molecule has 2 N–H and O–H groups in total. The van der Waals surface area contributed by atoms with Gasteiger partial charge in [-0.05, 0) is 49.6 Å². The molecule has 3 rings (SSSR count). The number of H-pyrrole nitrogens is 1. The van der Waals surface area contributed by atoms with Crippen LogP contribution in [0.5, 0.6) is 0 Å². The first kappa shape index (κ1) is 14.2. The van der Waals surface area contributed by atoms with Gasteiger partial charge in [0.05, 0.1) is 6.10 Å². The van der Waals surface area contributed by atoms with Crippen LogP contribution in [-0.4, -0.2) is 38.9 Å². The lowest BCUT2D eigenvalue weighted by Crippen LogP contribution is -2.48. The number of likely N-dealkylation sites (tertiary alicyclic amines) is 1. The van der Waals surface area contributed by atoms with E-state index in [0.29, 0.717) is 0 Å². The van der Waals surface area contributed by atoms with E-state index < -0.39 is 0 Å². The van der Waals surface area contributed by atoms with E-state index in [1.54, 1.807) is 18.3 Å². The first-order chi connectivity index (χ1) is 10.2. The molecule has 2 atom stereocenters. The molecule has 0 saturated carbocycles. The number of aliphatic hydroxyl groups is 1. The fourth-order valence-electron chi connectivity index (χ4n) is 3.02. The number of aromatic nitrogens is 2. The number of rotatable bonds is 4. The second kappa shape index (κ2) is 6.37. The predicted octanol–water partition coefficient (Wildman–Crippen LogP) is 2.12. The summed E-state index contributed by atoms with van der Waals surface area (Å²) in [7, 11) is 0. The maximum atomic E-state index is 13.0. The maximum absolute atomic E-state index is 13.0. The summed E-state index contributed by atoms with van der Waals surface area (Å²) >= 11 is 0. The molecule has 1 aliphatic rings. The van der Waals surface area contributed by atoms with Crippen molar-refractivity contribution in [3.8, 4) is 0 Å². The van der Waals surface area contributed by atoms with Crippen molar-refractivity contribution in [3.63, 3.8) is 0 Å². The molecule has 4 nitrogen and oxygen atoms in total. The van der Waals surface area contributed by atoms with Gasteiger partial charge in [0.2, 0.25) is 0 Å². The molecule has 0 unspecified atom stereocenters. The van der Waals surface area contributed by atoms with Crippen LogP contribution in [0.4, 0.5) is 4.39 Å². The fourth-order valence-corrected chi connectivity index (χ4v) is 3.02. The lowest BCUT2D eigenvalue weighted by Gasteiger charge is -2.39. The number of halogens is 1. The molecule has 2 heterocycles. The highest BCUT2D eigenvalue weighted by Crippen LogP contribution is 2.23. The van der Waals surface area contributed by atoms with Gasteiger partial charge in [-0.3, -0.25) is 10.00 Å². The Labute approximate surface area is 123 Å². The average Bonchev–Trinajstić information content (AvgIpc) is 2.98. The summed E-state index contributed by atoms with van der Waals surface area (Å²) < 4.78 is 13.0. The summed E-state index contributed by atoms with van der Waals surface area (Å²) in [5, 5.41) is 17.3. The van der Waals surface area contributed by atoms with Gasteiger partial charge in [-0.25, -0.2) is 4.39 Å². The van der Waals surface area contributed by atoms with Crippen LogP contribution < -0.4 is 0 Å². The topological polar surface area (TPSA) is 52.1 Å². The summed E-state index contributed by atoms with van der Waals surface area (Å²) in [5.41, 5.74) is 2.10. The van der Waals surface area contributed by atoms with Gasteiger partial charge < -0.3 is 5.11 Å². The van der Waals surface area contributed by atoms with Crippen LogP contribution in [0, 0.1) is 5.82 Å². The van der Waals surface area contributed by atoms with Crippen LogP contribution in [0.2, 0.25) is 0 Å². The molecule has 2 aromatic rings. The zero-order valence-corrected chi connectivity index (χ0v) is 11.9. The van der Waals surface area contributed by atoms with E-state index in [1.165, 1.54) is 12.1 Å². The highest BCUT2D eigenvalue weighted by Gasteiger charge is 2.30. The van der Waals surface area contributed by atoms with E-state index in [-0.39, 0.29) is 18.0 Å². The fraction of sp³-hybridized carbons (Fsp3) is 0.438. The van der Waals surface area contributed by atoms with Crippen molar-refractivity contribution < 1.29 is 9.50 Å². The first-order valence-electron chi connectivity index (χ1n) is 7.37. The van der Waals surface area contributed by atoms with E-state index in [2.05, 4.69) is 15.1 Å². The third-order valence-corrected chi connectivity index (χ3v) is 4.15. The number of piperidine rings is 1. The average molecular weight is 289 g/mol. The Kier molecular flexibility index (Phi) is 4.31. The lowest BCUT2D eigenvalue weighted by molar-refractivity contribution is 0.00613. The molecule has 21 heavy (non-hydrogen) atoms. The lowest BCUT2D eigenvalue weighted by atomic mass is 9.93. The molecule has 1 fully saturated rings. The molecule has 1 saturated heterocycles. The summed E-state index contributed by atoms with van der Waals surface area (Å²) in [6, 6.07) is 8.56. The van der Waals surface area contributed by atoms with Gasteiger partial charge in [0, 0.05) is 24.5 Å². The number of aliphatic hydroxyl groups excluding tert-OH is 1. The second-order valence-corrected chi connectivity index (χ2v) is 5.66. The molecule has 5 heteroatoms. The van der Waals surface area contributed by atoms with Crippen molar-refractivity contribution >= 4 is 0 Å². The van der Waals surface area contributed by atoms with E-state index in [4.69, 9.17) is 0 Å².